The summed E-state index contributed by atoms with van der Waals surface area (Å²) in [4.78, 5) is 0. The molecule has 136 valence electrons. The Morgan fingerprint density at radius 2 is 1.74 bits per heavy atom. The van der Waals surface area contributed by atoms with E-state index in [2.05, 4.69) is 19.1 Å². The molecule has 23 heavy (non-hydrogen) atoms. The van der Waals surface area contributed by atoms with Crippen molar-refractivity contribution in [1.29, 1.82) is 0 Å². The highest BCUT2D eigenvalue weighted by atomic mass is 16.6. The molecule has 0 aromatic rings. The molecule has 3 N–H and O–H groups in total. The summed E-state index contributed by atoms with van der Waals surface area (Å²) in [6.07, 6.45) is 10.7. The lowest BCUT2D eigenvalue weighted by Gasteiger charge is -2.37. The van der Waals surface area contributed by atoms with Crippen LogP contribution in [0.2, 0.25) is 0 Å². The van der Waals surface area contributed by atoms with Crippen LogP contribution in [-0.4, -0.2) is 59.6 Å². The number of aliphatic hydroxyl groups excluding tert-OH is 3. The fourth-order valence-electron chi connectivity index (χ4n) is 2.80. The van der Waals surface area contributed by atoms with Gasteiger partial charge in [0.05, 0.1) is 13.2 Å². The van der Waals surface area contributed by atoms with E-state index in [0.29, 0.717) is 6.61 Å². The van der Waals surface area contributed by atoms with Gasteiger partial charge in [0.1, 0.15) is 24.4 Å². The first-order chi connectivity index (χ1) is 11.2. The van der Waals surface area contributed by atoms with Gasteiger partial charge in [-0.1, -0.05) is 44.8 Å². The van der Waals surface area contributed by atoms with Gasteiger partial charge in [0.15, 0.2) is 0 Å². The van der Waals surface area contributed by atoms with Crippen LogP contribution in [0, 0.1) is 0 Å². The van der Waals surface area contributed by atoms with E-state index in [1.54, 1.807) is 0 Å². The van der Waals surface area contributed by atoms with E-state index in [9.17, 15) is 10.2 Å². The molecule has 0 amide bonds. The summed E-state index contributed by atoms with van der Waals surface area (Å²) in [7, 11) is 0. The first-order valence-electron chi connectivity index (χ1n) is 9.05. The number of hydrogen-bond donors (Lipinski definition) is 3. The fraction of sp³-hybridized carbons (Fsp3) is 0.889. The molecule has 1 saturated heterocycles. The highest BCUT2D eigenvalue weighted by Crippen LogP contribution is 2.19. The van der Waals surface area contributed by atoms with Crippen LogP contribution < -0.4 is 0 Å². The van der Waals surface area contributed by atoms with Gasteiger partial charge in [0, 0.05) is 6.61 Å². The first-order valence-corrected chi connectivity index (χ1v) is 9.05. The van der Waals surface area contributed by atoms with Gasteiger partial charge in [-0.25, -0.2) is 0 Å². The second-order valence-corrected chi connectivity index (χ2v) is 6.24. The second-order valence-electron chi connectivity index (χ2n) is 6.24. The first kappa shape index (κ1) is 20.6. The SMILES string of the molecule is CC/C=C/CCCCCCCCO[C@@H]1[C@@H](O)[C@H](CO)OC[C@H]1O. The standard InChI is InChI=1S/C18H34O5/c1-2-3-4-5-6-7-8-9-10-11-12-22-18-15(20)14-23-16(13-19)17(18)21/h3-4,15-21H,2,5-14H2,1H3/b4-3+/t15-,16+,17+,18+/m1/s1. The zero-order chi connectivity index (χ0) is 16.9. The second kappa shape index (κ2) is 12.9. The average molecular weight is 330 g/mol. The minimum atomic E-state index is -0.972. The third-order valence-electron chi connectivity index (χ3n) is 4.24. The maximum absolute atomic E-state index is 9.98. The molecule has 0 bridgehead atoms. The van der Waals surface area contributed by atoms with Crippen LogP contribution in [0.4, 0.5) is 0 Å². The molecule has 0 saturated carbocycles. The van der Waals surface area contributed by atoms with Crippen LogP contribution in [0.1, 0.15) is 58.3 Å². The van der Waals surface area contributed by atoms with Crippen LogP contribution in [0.15, 0.2) is 12.2 Å². The topological polar surface area (TPSA) is 79.2 Å². The summed E-state index contributed by atoms with van der Waals surface area (Å²) in [6.45, 7) is 2.51. The van der Waals surface area contributed by atoms with Crippen molar-refractivity contribution >= 4 is 0 Å². The molecule has 1 rings (SSSR count). The Balaban J connectivity index is 2.00. The molecule has 0 unspecified atom stereocenters. The van der Waals surface area contributed by atoms with E-state index >= 15 is 0 Å². The molecule has 1 heterocycles. The highest BCUT2D eigenvalue weighted by Gasteiger charge is 2.38. The predicted octanol–water partition coefficient (Wildman–Crippen LogP) is 2.18. The highest BCUT2D eigenvalue weighted by molar-refractivity contribution is 4.87. The molecule has 0 aromatic heterocycles. The van der Waals surface area contributed by atoms with Gasteiger partial charge in [0.2, 0.25) is 0 Å². The number of ether oxygens (including phenoxy) is 2. The van der Waals surface area contributed by atoms with Crippen molar-refractivity contribution in [3.63, 3.8) is 0 Å². The number of allylic oxidation sites excluding steroid dienone is 2. The van der Waals surface area contributed by atoms with Gasteiger partial charge in [-0.05, 0) is 25.7 Å². The zero-order valence-electron chi connectivity index (χ0n) is 14.4. The molecule has 0 aliphatic carbocycles. The van der Waals surface area contributed by atoms with Gasteiger partial charge < -0.3 is 24.8 Å². The number of unbranched alkanes of at least 4 members (excludes halogenated alkanes) is 6. The number of hydrogen-bond acceptors (Lipinski definition) is 5. The minimum absolute atomic E-state index is 0.0967. The van der Waals surface area contributed by atoms with E-state index in [4.69, 9.17) is 14.6 Å². The smallest absolute Gasteiger partial charge is 0.114 e. The van der Waals surface area contributed by atoms with E-state index < -0.39 is 24.4 Å². The van der Waals surface area contributed by atoms with Crippen LogP contribution in [-0.2, 0) is 9.47 Å². The largest absolute Gasteiger partial charge is 0.394 e. The zero-order valence-corrected chi connectivity index (χ0v) is 14.4. The summed E-state index contributed by atoms with van der Waals surface area (Å²) < 4.78 is 10.8. The molecule has 0 radical (unpaired) electrons. The normalized spacial score (nSPS) is 28.5. The Labute approximate surface area is 140 Å². The minimum Gasteiger partial charge on any atom is -0.394 e. The van der Waals surface area contributed by atoms with Crippen LogP contribution in [0.5, 0.6) is 0 Å². The Morgan fingerprint density at radius 3 is 2.43 bits per heavy atom. The van der Waals surface area contributed by atoms with Crippen molar-refractivity contribution < 1.29 is 24.8 Å². The molecular weight excluding hydrogens is 296 g/mol. The quantitative estimate of drug-likeness (QED) is 0.377. The van der Waals surface area contributed by atoms with Gasteiger partial charge in [0.25, 0.3) is 0 Å². The van der Waals surface area contributed by atoms with E-state index in [1.165, 1.54) is 32.1 Å². The summed E-state index contributed by atoms with van der Waals surface area (Å²) >= 11 is 0. The maximum atomic E-state index is 9.98. The average Bonchev–Trinajstić information content (AvgIpc) is 2.55. The van der Waals surface area contributed by atoms with Crippen molar-refractivity contribution in [3.8, 4) is 0 Å². The van der Waals surface area contributed by atoms with Crippen LogP contribution in [0.25, 0.3) is 0 Å². The molecule has 1 aliphatic heterocycles. The van der Waals surface area contributed by atoms with Crippen molar-refractivity contribution in [1.82, 2.24) is 0 Å². The fourth-order valence-corrected chi connectivity index (χ4v) is 2.80. The maximum Gasteiger partial charge on any atom is 0.114 e. The third kappa shape index (κ3) is 8.27. The predicted molar refractivity (Wildman–Crippen MR) is 90.3 cm³/mol. The molecular formula is C18H34O5. The molecule has 1 aliphatic rings. The lowest BCUT2D eigenvalue weighted by molar-refractivity contribution is -0.210. The monoisotopic (exact) mass is 330 g/mol. The molecule has 5 heteroatoms. The van der Waals surface area contributed by atoms with Gasteiger partial charge >= 0.3 is 0 Å². The van der Waals surface area contributed by atoms with Gasteiger partial charge in [-0.15, -0.1) is 0 Å². The number of rotatable bonds is 12. The Bertz CT molecular complexity index is 308. The van der Waals surface area contributed by atoms with Crippen LogP contribution >= 0.6 is 0 Å². The molecule has 0 spiro atoms. The molecule has 4 atom stereocenters. The summed E-state index contributed by atoms with van der Waals surface area (Å²) in [5, 5.41) is 28.9. The van der Waals surface area contributed by atoms with E-state index in [-0.39, 0.29) is 13.2 Å². The molecule has 1 fully saturated rings. The van der Waals surface area contributed by atoms with Crippen molar-refractivity contribution in [3.05, 3.63) is 12.2 Å². The molecule has 0 aromatic carbocycles. The van der Waals surface area contributed by atoms with Crippen LogP contribution in [0.3, 0.4) is 0 Å². The lowest BCUT2D eigenvalue weighted by atomic mass is 10.0. The lowest BCUT2D eigenvalue weighted by Crippen LogP contribution is -2.55. The number of aliphatic hydroxyl groups is 3. The van der Waals surface area contributed by atoms with E-state index in [1.807, 2.05) is 0 Å². The van der Waals surface area contributed by atoms with Crippen molar-refractivity contribution in [2.24, 2.45) is 0 Å². The van der Waals surface area contributed by atoms with Crippen molar-refractivity contribution in [2.75, 3.05) is 19.8 Å². The van der Waals surface area contributed by atoms with Gasteiger partial charge in [-0.2, -0.15) is 0 Å². The summed E-state index contributed by atoms with van der Waals surface area (Å²) in [6, 6.07) is 0. The van der Waals surface area contributed by atoms with Crippen molar-refractivity contribution in [2.45, 2.75) is 82.7 Å². The third-order valence-corrected chi connectivity index (χ3v) is 4.24. The summed E-state index contributed by atoms with van der Waals surface area (Å²) in [5.74, 6) is 0. The molecule has 5 nitrogen and oxygen atoms in total. The van der Waals surface area contributed by atoms with E-state index in [0.717, 1.165) is 19.3 Å². The Morgan fingerprint density at radius 1 is 1.04 bits per heavy atom. The van der Waals surface area contributed by atoms with Gasteiger partial charge in [-0.3, -0.25) is 0 Å². The Kier molecular flexibility index (Phi) is 11.5. The Hall–Kier alpha value is -0.460. The summed E-state index contributed by atoms with van der Waals surface area (Å²) in [5.41, 5.74) is 0.